The van der Waals surface area contributed by atoms with Gasteiger partial charge in [-0.15, -0.1) is 0 Å². The predicted octanol–water partition coefficient (Wildman–Crippen LogP) is 0.979. The molecule has 15 heteroatoms. The number of ether oxygens (including phenoxy) is 1. The number of aliphatic hydroxyl groups is 2. The quantitative estimate of drug-likeness (QED) is 0.538. The first-order valence-corrected chi connectivity index (χ1v) is 10.2. The number of rotatable bonds is 4. The van der Waals surface area contributed by atoms with E-state index in [1.807, 2.05) is 0 Å². The Labute approximate surface area is 180 Å². The summed E-state index contributed by atoms with van der Waals surface area (Å²) < 4.78 is 85.2. The van der Waals surface area contributed by atoms with E-state index in [1.165, 1.54) is 23.2 Å². The molecule has 1 saturated heterocycles. The standard InChI is InChI=1S/C16H14ClF2N2O9P/c17-8-1-2-10-7(3-8)5-27-31(26,30-10)28-6-16(19)12(23)11(22)14(29-16)21-4-9(18)13(24)20-15(21)25/h1-4,11-12,14,22-23H,5-6H2,(H,20,24,25)/t11-,12+,14-,16-,31?/m1/s1/i6D2,14D. The highest BCUT2D eigenvalue weighted by atomic mass is 35.5. The molecule has 0 aliphatic carbocycles. The normalized spacial score (nSPS) is 36.7. The molecular weight excluding hydrogens is 469 g/mol. The van der Waals surface area contributed by atoms with Crippen molar-refractivity contribution in [3.8, 4) is 5.75 Å². The maximum Gasteiger partial charge on any atom is 0.530 e. The highest BCUT2D eigenvalue weighted by Crippen LogP contribution is 2.56. The number of benzene rings is 1. The lowest BCUT2D eigenvalue weighted by atomic mass is 10.1. The third-order valence-corrected chi connectivity index (χ3v) is 5.64. The summed E-state index contributed by atoms with van der Waals surface area (Å²) in [5.41, 5.74) is -2.76. The Bertz CT molecular complexity index is 1330. The lowest BCUT2D eigenvalue weighted by Crippen LogP contribution is -2.43. The zero-order valence-corrected chi connectivity index (χ0v) is 16.6. The number of hydrogen-bond donors (Lipinski definition) is 3. The fourth-order valence-electron chi connectivity index (χ4n) is 2.70. The molecule has 3 N–H and O–H groups in total. The van der Waals surface area contributed by atoms with Crippen LogP contribution in [0.2, 0.25) is 5.02 Å². The van der Waals surface area contributed by atoms with Crippen molar-refractivity contribution >= 4 is 19.4 Å². The van der Waals surface area contributed by atoms with Crippen LogP contribution in [0.1, 0.15) is 15.9 Å². The number of fused-ring (bicyclic) bond motifs is 1. The molecule has 1 aromatic heterocycles. The number of aliphatic hydroxyl groups excluding tert-OH is 2. The van der Waals surface area contributed by atoms with Crippen LogP contribution in [-0.4, -0.2) is 44.4 Å². The van der Waals surface area contributed by atoms with Crippen LogP contribution in [0.4, 0.5) is 8.78 Å². The molecule has 0 saturated carbocycles. The molecule has 2 aliphatic rings. The molecule has 0 bridgehead atoms. The van der Waals surface area contributed by atoms with Gasteiger partial charge in [0.2, 0.25) is 5.82 Å². The van der Waals surface area contributed by atoms with E-state index in [0.29, 0.717) is 5.56 Å². The SMILES string of the molecule is [2H]C([2H])(OP1(=O)OCc2cc(Cl)ccc2O1)[C@@]1(F)O[C@@]([2H])(n2cc(F)c(=O)[nH]c2=O)[C@H](O)[C@@H]1O. The van der Waals surface area contributed by atoms with Gasteiger partial charge in [0.25, 0.3) is 11.4 Å². The number of H-pyrrole nitrogens is 1. The van der Waals surface area contributed by atoms with Crippen molar-refractivity contribution < 1.29 is 46.0 Å². The van der Waals surface area contributed by atoms with Crippen LogP contribution in [0.5, 0.6) is 5.75 Å². The van der Waals surface area contributed by atoms with Gasteiger partial charge in [0, 0.05) is 10.6 Å². The summed E-state index contributed by atoms with van der Waals surface area (Å²) in [6.45, 7) is -4.41. The van der Waals surface area contributed by atoms with Gasteiger partial charge in [0.15, 0.2) is 6.20 Å². The van der Waals surface area contributed by atoms with Crippen LogP contribution < -0.4 is 15.8 Å². The molecule has 1 unspecified atom stereocenters. The first-order valence-electron chi connectivity index (χ1n) is 9.82. The summed E-state index contributed by atoms with van der Waals surface area (Å²) in [5, 5.41) is 20.7. The van der Waals surface area contributed by atoms with Gasteiger partial charge in [0.1, 0.15) is 24.5 Å². The van der Waals surface area contributed by atoms with E-state index < -0.39 is 62.3 Å². The van der Waals surface area contributed by atoms with E-state index in [1.54, 1.807) is 0 Å². The molecule has 1 aromatic carbocycles. The Kier molecular flexibility index (Phi) is 4.63. The van der Waals surface area contributed by atoms with E-state index in [9.17, 15) is 28.8 Å². The van der Waals surface area contributed by atoms with Crippen LogP contribution >= 0.6 is 19.4 Å². The predicted molar refractivity (Wildman–Crippen MR) is 97.7 cm³/mol. The topological polar surface area (TPSA) is 149 Å². The van der Waals surface area contributed by atoms with Crippen LogP contribution in [0, 0.1) is 5.82 Å². The van der Waals surface area contributed by atoms with E-state index in [0.717, 1.165) is 0 Å². The van der Waals surface area contributed by atoms with E-state index in [-0.39, 0.29) is 21.5 Å². The van der Waals surface area contributed by atoms with Crippen molar-refractivity contribution in [2.75, 3.05) is 6.56 Å². The molecular formula is C16H14ClF2N2O9P. The summed E-state index contributed by atoms with van der Waals surface area (Å²) >= 11 is 5.82. The Morgan fingerprint density at radius 2 is 2.23 bits per heavy atom. The number of hydrogen-bond acceptors (Lipinski definition) is 9. The molecule has 11 nitrogen and oxygen atoms in total. The minimum Gasteiger partial charge on any atom is -0.404 e. The molecule has 5 atom stereocenters. The first kappa shape index (κ1) is 18.5. The number of halogens is 3. The minimum atomic E-state index is -4.93. The van der Waals surface area contributed by atoms with Gasteiger partial charge in [-0.25, -0.2) is 13.8 Å². The van der Waals surface area contributed by atoms with Gasteiger partial charge >= 0.3 is 13.5 Å². The van der Waals surface area contributed by atoms with Gasteiger partial charge in [-0.2, -0.15) is 4.39 Å². The van der Waals surface area contributed by atoms with E-state index in [4.69, 9.17) is 24.8 Å². The number of phosphoric acid groups is 1. The Balaban J connectivity index is 1.67. The van der Waals surface area contributed by atoms with Crippen molar-refractivity contribution in [2.24, 2.45) is 0 Å². The summed E-state index contributed by atoms with van der Waals surface area (Å²) in [4.78, 5) is 24.7. The summed E-state index contributed by atoms with van der Waals surface area (Å²) in [5.74, 6) is -5.93. The van der Waals surface area contributed by atoms with Gasteiger partial charge in [-0.1, -0.05) is 11.6 Å². The molecule has 0 amide bonds. The van der Waals surface area contributed by atoms with E-state index in [2.05, 4.69) is 9.26 Å². The highest BCUT2D eigenvalue weighted by Gasteiger charge is 2.57. The molecule has 0 radical (unpaired) electrons. The Morgan fingerprint density at radius 1 is 1.48 bits per heavy atom. The van der Waals surface area contributed by atoms with Crippen LogP contribution in [0.3, 0.4) is 0 Å². The van der Waals surface area contributed by atoms with E-state index >= 15 is 4.39 Å². The number of alkyl halides is 1. The second-order valence-electron chi connectivity index (χ2n) is 6.34. The number of aromatic amines is 1. The molecule has 1 fully saturated rings. The fraction of sp³-hybridized carbons (Fsp3) is 0.375. The molecule has 2 aromatic rings. The zero-order valence-electron chi connectivity index (χ0n) is 18.0. The summed E-state index contributed by atoms with van der Waals surface area (Å²) in [7, 11) is -4.93. The number of aromatic nitrogens is 2. The number of phosphoric ester groups is 1. The Morgan fingerprint density at radius 3 is 2.97 bits per heavy atom. The van der Waals surface area contributed by atoms with Crippen molar-refractivity contribution in [2.45, 2.75) is 30.9 Å². The third-order valence-electron chi connectivity index (χ3n) is 4.23. The van der Waals surface area contributed by atoms with Crippen molar-refractivity contribution in [3.05, 3.63) is 61.6 Å². The minimum absolute atomic E-state index is 0.0871. The molecule has 31 heavy (non-hydrogen) atoms. The van der Waals surface area contributed by atoms with Crippen molar-refractivity contribution in [1.29, 1.82) is 0 Å². The van der Waals surface area contributed by atoms with Crippen LogP contribution in [0.15, 0.2) is 34.0 Å². The smallest absolute Gasteiger partial charge is 0.404 e. The van der Waals surface area contributed by atoms with Gasteiger partial charge in [0.05, 0.1) is 16.9 Å². The van der Waals surface area contributed by atoms with Crippen molar-refractivity contribution in [1.82, 2.24) is 9.55 Å². The van der Waals surface area contributed by atoms with Crippen LogP contribution in [0.25, 0.3) is 0 Å². The van der Waals surface area contributed by atoms with Gasteiger partial charge in [-0.05, 0) is 18.2 Å². The summed E-state index contributed by atoms with van der Waals surface area (Å²) in [6, 6.07) is 3.99. The molecule has 4 rings (SSSR count). The second kappa shape index (κ2) is 7.78. The van der Waals surface area contributed by atoms with Gasteiger partial charge in [-0.3, -0.25) is 23.4 Å². The molecule has 3 heterocycles. The largest absolute Gasteiger partial charge is 0.530 e. The molecule has 2 aliphatic heterocycles. The highest BCUT2D eigenvalue weighted by molar-refractivity contribution is 7.49. The number of nitrogens with zero attached hydrogens (tertiary/aromatic N) is 1. The summed E-state index contributed by atoms with van der Waals surface area (Å²) in [6.07, 6.45) is -9.01. The molecule has 0 spiro atoms. The van der Waals surface area contributed by atoms with Crippen LogP contribution in [-0.2, 0) is 25.0 Å². The van der Waals surface area contributed by atoms with Gasteiger partial charge < -0.3 is 19.5 Å². The Hall–Kier alpha value is -2.12. The average molecular weight is 486 g/mol. The maximum absolute atomic E-state index is 15.7. The molecule has 168 valence electrons. The zero-order chi connectivity index (χ0) is 25.3. The first-order chi connectivity index (χ1) is 15.6. The average Bonchev–Trinajstić information content (AvgIpc) is 2.92. The third kappa shape index (κ3) is 4.05. The van der Waals surface area contributed by atoms with Crippen molar-refractivity contribution in [3.63, 3.8) is 0 Å². The monoisotopic (exact) mass is 485 g/mol. The lowest BCUT2D eigenvalue weighted by molar-refractivity contribution is -0.205. The number of nitrogens with one attached hydrogen (secondary N) is 1. The fourth-order valence-corrected chi connectivity index (χ4v) is 3.99. The second-order valence-corrected chi connectivity index (χ2v) is 8.29. The maximum atomic E-state index is 15.7. The lowest BCUT2D eigenvalue weighted by Gasteiger charge is -2.28.